The largest absolute Gasteiger partial charge is 0.489 e. The Bertz CT molecular complexity index is 873. The normalized spacial score (nSPS) is 12.7. The number of benzene rings is 2. The highest BCUT2D eigenvalue weighted by molar-refractivity contribution is 6.32. The van der Waals surface area contributed by atoms with E-state index in [0.29, 0.717) is 23.2 Å². The molecular weight excluding hydrogens is 336 g/mol. The summed E-state index contributed by atoms with van der Waals surface area (Å²) in [5.74, 6) is 2.11. The number of aliphatic hydroxyl groups excluding tert-OH is 1. The molecule has 2 aromatic carbocycles. The van der Waals surface area contributed by atoms with E-state index in [-0.39, 0.29) is 6.61 Å². The van der Waals surface area contributed by atoms with Gasteiger partial charge in [0.25, 0.3) is 5.82 Å². The fourth-order valence-electron chi connectivity index (χ4n) is 3.31. The average Bonchev–Trinajstić information content (AvgIpc) is 2.87. The standard InChI is InChI=1S/C20H24ClN2O2/c1-14(2)20-22(3)17-9-5-6-10-18(17)23(20)12-15(24)13-25-19-11-7-4-8-16(19)21/h4-11,14-15,24H,12-13H2,1-3H3/q+1. The van der Waals surface area contributed by atoms with Crippen molar-refractivity contribution < 1.29 is 14.4 Å². The molecule has 0 saturated heterocycles. The van der Waals surface area contributed by atoms with Crippen LogP contribution in [-0.4, -0.2) is 22.4 Å². The molecule has 0 bridgehead atoms. The number of hydrogen-bond acceptors (Lipinski definition) is 2. The minimum atomic E-state index is -0.635. The lowest BCUT2D eigenvalue weighted by atomic mass is 10.2. The number of aliphatic hydroxyl groups is 1. The second-order valence-corrected chi connectivity index (χ2v) is 6.97. The van der Waals surface area contributed by atoms with Crippen molar-refractivity contribution in [1.82, 2.24) is 4.57 Å². The first-order valence-electron chi connectivity index (χ1n) is 8.51. The van der Waals surface area contributed by atoms with E-state index in [1.54, 1.807) is 12.1 Å². The van der Waals surface area contributed by atoms with Crippen LogP contribution in [0.5, 0.6) is 5.75 Å². The van der Waals surface area contributed by atoms with Crippen LogP contribution >= 0.6 is 11.6 Å². The van der Waals surface area contributed by atoms with E-state index in [4.69, 9.17) is 16.3 Å². The molecule has 0 aliphatic carbocycles. The number of para-hydroxylation sites is 3. The molecule has 0 saturated carbocycles. The Morgan fingerprint density at radius 3 is 2.52 bits per heavy atom. The predicted molar refractivity (Wildman–Crippen MR) is 100 cm³/mol. The highest BCUT2D eigenvalue weighted by atomic mass is 35.5. The van der Waals surface area contributed by atoms with Gasteiger partial charge in [0.15, 0.2) is 11.0 Å². The van der Waals surface area contributed by atoms with Crippen molar-refractivity contribution in [1.29, 1.82) is 0 Å². The van der Waals surface area contributed by atoms with E-state index >= 15 is 0 Å². The SMILES string of the molecule is CC(C)c1n(CC(O)COc2ccccc2Cl)c2ccccc2[n+]1C. The van der Waals surface area contributed by atoms with E-state index < -0.39 is 6.10 Å². The van der Waals surface area contributed by atoms with Gasteiger partial charge in [-0.3, -0.25) is 0 Å². The average molecular weight is 360 g/mol. The van der Waals surface area contributed by atoms with Crippen molar-refractivity contribution in [3.05, 3.63) is 59.4 Å². The van der Waals surface area contributed by atoms with Gasteiger partial charge in [0.05, 0.1) is 18.0 Å². The summed E-state index contributed by atoms with van der Waals surface area (Å²) in [6, 6.07) is 15.5. The van der Waals surface area contributed by atoms with Gasteiger partial charge in [-0.2, -0.15) is 0 Å². The second-order valence-electron chi connectivity index (χ2n) is 6.57. The molecule has 25 heavy (non-hydrogen) atoms. The fourth-order valence-corrected chi connectivity index (χ4v) is 3.50. The first kappa shape index (κ1) is 17.8. The number of fused-ring (bicyclic) bond motifs is 1. The Kier molecular flexibility index (Phi) is 5.30. The Hall–Kier alpha value is -2.04. The lowest BCUT2D eigenvalue weighted by molar-refractivity contribution is -0.655. The van der Waals surface area contributed by atoms with Crippen LogP contribution in [0.3, 0.4) is 0 Å². The van der Waals surface area contributed by atoms with Crippen LogP contribution in [0.4, 0.5) is 0 Å². The summed E-state index contributed by atoms with van der Waals surface area (Å²) in [6.45, 7) is 4.99. The van der Waals surface area contributed by atoms with Gasteiger partial charge in [-0.25, -0.2) is 9.13 Å². The molecule has 5 heteroatoms. The van der Waals surface area contributed by atoms with Gasteiger partial charge >= 0.3 is 0 Å². The molecule has 3 rings (SSSR count). The summed E-state index contributed by atoms with van der Waals surface area (Å²) in [6.07, 6.45) is -0.635. The van der Waals surface area contributed by atoms with E-state index in [9.17, 15) is 5.11 Å². The monoisotopic (exact) mass is 359 g/mol. The van der Waals surface area contributed by atoms with E-state index in [1.165, 1.54) is 5.82 Å². The number of hydrogen-bond donors (Lipinski definition) is 1. The van der Waals surface area contributed by atoms with Crippen molar-refractivity contribution in [2.45, 2.75) is 32.4 Å². The van der Waals surface area contributed by atoms with Gasteiger partial charge in [-0.1, -0.05) is 49.7 Å². The molecule has 132 valence electrons. The molecule has 0 radical (unpaired) electrons. The molecule has 0 fully saturated rings. The molecular formula is C20H24ClN2O2+. The Labute approximate surface area is 153 Å². The molecule has 4 nitrogen and oxygen atoms in total. The third kappa shape index (κ3) is 3.65. The first-order chi connectivity index (χ1) is 12.0. The number of halogens is 1. The van der Waals surface area contributed by atoms with Gasteiger partial charge in [0.1, 0.15) is 25.0 Å². The van der Waals surface area contributed by atoms with Crippen molar-refractivity contribution in [3.8, 4) is 5.75 Å². The first-order valence-corrected chi connectivity index (χ1v) is 8.89. The molecule has 1 unspecified atom stereocenters. The van der Waals surface area contributed by atoms with E-state index in [0.717, 1.165) is 11.0 Å². The maximum atomic E-state index is 10.5. The summed E-state index contributed by atoms with van der Waals surface area (Å²) < 4.78 is 10.1. The maximum absolute atomic E-state index is 10.5. The lowest BCUT2D eigenvalue weighted by Gasteiger charge is -2.13. The fraction of sp³-hybridized carbons (Fsp3) is 0.350. The van der Waals surface area contributed by atoms with Crippen LogP contribution in [0.25, 0.3) is 11.0 Å². The molecule has 1 aromatic heterocycles. The summed E-state index contributed by atoms with van der Waals surface area (Å²) >= 11 is 6.10. The number of ether oxygens (including phenoxy) is 1. The number of imidazole rings is 1. The maximum Gasteiger partial charge on any atom is 0.259 e. The van der Waals surface area contributed by atoms with Gasteiger partial charge in [0.2, 0.25) is 0 Å². The summed E-state index contributed by atoms with van der Waals surface area (Å²) in [4.78, 5) is 0. The molecule has 0 aliphatic rings. The second kappa shape index (κ2) is 7.46. The molecule has 0 aliphatic heterocycles. The molecule has 0 amide bonds. The number of aryl methyl sites for hydroxylation is 1. The topological polar surface area (TPSA) is 38.3 Å². The molecule has 1 N–H and O–H groups in total. The highest BCUT2D eigenvalue weighted by Crippen LogP contribution is 2.24. The van der Waals surface area contributed by atoms with Gasteiger partial charge < -0.3 is 9.84 Å². The Morgan fingerprint density at radius 2 is 1.80 bits per heavy atom. The van der Waals surface area contributed by atoms with Crippen molar-refractivity contribution in [3.63, 3.8) is 0 Å². The predicted octanol–water partition coefficient (Wildman–Crippen LogP) is 3.68. The molecule has 0 spiro atoms. The van der Waals surface area contributed by atoms with Gasteiger partial charge in [-0.15, -0.1) is 0 Å². The third-order valence-electron chi connectivity index (χ3n) is 4.33. The van der Waals surface area contributed by atoms with Gasteiger partial charge in [-0.05, 0) is 24.3 Å². The van der Waals surface area contributed by atoms with Crippen molar-refractivity contribution in [2.24, 2.45) is 7.05 Å². The van der Waals surface area contributed by atoms with Gasteiger partial charge in [0, 0.05) is 0 Å². The van der Waals surface area contributed by atoms with Crippen LogP contribution < -0.4 is 9.30 Å². The molecule has 1 atom stereocenters. The quantitative estimate of drug-likeness (QED) is 0.682. The van der Waals surface area contributed by atoms with Crippen LogP contribution in [0.15, 0.2) is 48.5 Å². The molecule has 3 aromatic rings. The van der Waals surface area contributed by atoms with Crippen LogP contribution in [0, 0.1) is 0 Å². The van der Waals surface area contributed by atoms with Crippen molar-refractivity contribution >= 4 is 22.6 Å². The zero-order valence-electron chi connectivity index (χ0n) is 14.8. The van der Waals surface area contributed by atoms with Crippen LogP contribution in [0.1, 0.15) is 25.6 Å². The minimum absolute atomic E-state index is 0.192. The molecule has 1 heterocycles. The zero-order valence-corrected chi connectivity index (χ0v) is 15.6. The number of aromatic nitrogens is 2. The summed E-state index contributed by atoms with van der Waals surface area (Å²) in [5, 5.41) is 11.1. The van der Waals surface area contributed by atoms with E-state index in [2.05, 4.69) is 42.2 Å². The summed E-state index contributed by atoms with van der Waals surface area (Å²) in [7, 11) is 2.07. The zero-order chi connectivity index (χ0) is 18.0. The van der Waals surface area contributed by atoms with E-state index in [1.807, 2.05) is 24.3 Å². The van der Waals surface area contributed by atoms with Crippen LogP contribution in [-0.2, 0) is 13.6 Å². The summed E-state index contributed by atoms with van der Waals surface area (Å²) in [5.41, 5.74) is 2.27. The van der Waals surface area contributed by atoms with Crippen molar-refractivity contribution in [2.75, 3.05) is 6.61 Å². The Morgan fingerprint density at radius 1 is 1.12 bits per heavy atom. The smallest absolute Gasteiger partial charge is 0.259 e. The number of rotatable bonds is 6. The Balaban J connectivity index is 1.82. The highest BCUT2D eigenvalue weighted by Gasteiger charge is 2.26. The third-order valence-corrected chi connectivity index (χ3v) is 4.64. The lowest BCUT2D eigenvalue weighted by Crippen LogP contribution is -2.35. The minimum Gasteiger partial charge on any atom is -0.489 e. The van der Waals surface area contributed by atoms with Crippen LogP contribution in [0.2, 0.25) is 5.02 Å². The number of nitrogens with zero attached hydrogens (tertiary/aromatic N) is 2.